The normalized spacial score (nSPS) is 11.6. The summed E-state index contributed by atoms with van der Waals surface area (Å²) in [5.41, 5.74) is 6.28. The van der Waals surface area contributed by atoms with Crippen molar-refractivity contribution in [1.29, 1.82) is 0 Å². The lowest BCUT2D eigenvalue weighted by Gasteiger charge is -2.12. The first-order chi connectivity index (χ1) is 9.26. The molecule has 0 spiro atoms. The quantitative estimate of drug-likeness (QED) is 0.552. The lowest BCUT2D eigenvalue weighted by Crippen LogP contribution is -2.36. The number of nitrogens with two attached hydrogens (primary N) is 1. The number of alkyl carbamates (subject to hydrolysis) is 1. The number of unbranched alkanes of at least 4 members (excludes halogenated alkanes) is 1. The van der Waals surface area contributed by atoms with E-state index in [1.807, 2.05) is 30.3 Å². The zero-order chi connectivity index (χ0) is 13.9. The second kappa shape index (κ2) is 9.10. The third kappa shape index (κ3) is 6.57. The molecule has 0 aliphatic rings. The Bertz CT molecular complexity index is 382. The largest absolute Gasteiger partial charge is 0.445 e. The number of amides is 1. The molecule has 19 heavy (non-hydrogen) atoms. The van der Waals surface area contributed by atoms with Gasteiger partial charge in [-0.05, 0) is 31.4 Å². The van der Waals surface area contributed by atoms with Crippen molar-refractivity contribution < 1.29 is 14.3 Å². The van der Waals surface area contributed by atoms with E-state index in [1.165, 1.54) is 0 Å². The summed E-state index contributed by atoms with van der Waals surface area (Å²) in [6.45, 7) is 0.783. The van der Waals surface area contributed by atoms with Gasteiger partial charge in [0.1, 0.15) is 12.9 Å². The third-order valence-electron chi connectivity index (χ3n) is 2.65. The van der Waals surface area contributed by atoms with E-state index in [0.717, 1.165) is 24.7 Å². The minimum absolute atomic E-state index is 0.195. The van der Waals surface area contributed by atoms with Crippen LogP contribution in [0.3, 0.4) is 0 Å². The average Bonchev–Trinajstić information content (AvgIpc) is 2.45. The number of hydrogen-bond acceptors (Lipinski definition) is 4. The summed E-state index contributed by atoms with van der Waals surface area (Å²) in [5, 5.41) is 2.53. The van der Waals surface area contributed by atoms with Crippen LogP contribution >= 0.6 is 0 Å². The summed E-state index contributed by atoms with van der Waals surface area (Å²) in [6.07, 6.45) is 2.37. The van der Waals surface area contributed by atoms with Gasteiger partial charge in [0.15, 0.2) is 0 Å². The van der Waals surface area contributed by atoms with Gasteiger partial charge in [-0.1, -0.05) is 30.3 Å². The van der Waals surface area contributed by atoms with Gasteiger partial charge in [0.25, 0.3) is 0 Å². The van der Waals surface area contributed by atoms with Gasteiger partial charge in [0.05, 0.1) is 6.04 Å². The molecule has 5 heteroatoms. The topological polar surface area (TPSA) is 81.4 Å². The Morgan fingerprint density at radius 1 is 1.32 bits per heavy atom. The third-order valence-corrected chi connectivity index (χ3v) is 2.65. The number of hydrogen-bond donors (Lipinski definition) is 2. The molecule has 0 heterocycles. The molecule has 0 fully saturated rings. The Morgan fingerprint density at radius 2 is 2.05 bits per heavy atom. The molecule has 0 aromatic heterocycles. The number of carbonyl (C=O) groups excluding carboxylic acids is 2. The van der Waals surface area contributed by atoms with Crippen LogP contribution in [0, 0.1) is 0 Å². The predicted molar refractivity (Wildman–Crippen MR) is 72.5 cm³/mol. The molecule has 1 atom stereocenters. The van der Waals surface area contributed by atoms with Crippen LogP contribution in [0.1, 0.15) is 24.8 Å². The molecule has 0 saturated heterocycles. The van der Waals surface area contributed by atoms with Crippen molar-refractivity contribution in [1.82, 2.24) is 5.32 Å². The second-order valence-electron chi connectivity index (χ2n) is 4.23. The number of nitrogens with one attached hydrogen (secondary N) is 1. The van der Waals surface area contributed by atoms with Crippen LogP contribution < -0.4 is 11.1 Å². The highest BCUT2D eigenvalue weighted by molar-refractivity contribution is 5.73. The summed E-state index contributed by atoms with van der Waals surface area (Å²) in [4.78, 5) is 22.3. The molecule has 0 aliphatic heterocycles. The number of aldehydes is 1. The van der Waals surface area contributed by atoms with Crippen LogP contribution in [-0.4, -0.2) is 25.0 Å². The van der Waals surface area contributed by atoms with Crippen molar-refractivity contribution >= 4 is 12.4 Å². The smallest absolute Gasteiger partial charge is 0.408 e. The Kier molecular flexibility index (Phi) is 7.27. The molecule has 104 valence electrons. The Balaban J connectivity index is 2.27. The van der Waals surface area contributed by atoms with Crippen molar-refractivity contribution in [2.45, 2.75) is 31.9 Å². The zero-order valence-electron chi connectivity index (χ0n) is 10.9. The SMILES string of the molecule is NCCCCC(C=O)NC(=O)OCc1ccccc1. The van der Waals surface area contributed by atoms with E-state index in [9.17, 15) is 9.59 Å². The molecule has 0 aliphatic carbocycles. The van der Waals surface area contributed by atoms with Crippen molar-refractivity contribution in [3.8, 4) is 0 Å². The Labute approximate surface area is 113 Å². The van der Waals surface area contributed by atoms with Crippen LogP contribution in [0.25, 0.3) is 0 Å². The lowest BCUT2D eigenvalue weighted by molar-refractivity contribution is -0.109. The maximum absolute atomic E-state index is 11.5. The number of rotatable bonds is 8. The molecular formula is C14H20N2O3. The molecule has 1 aromatic rings. The van der Waals surface area contributed by atoms with Gasteiger partial charge < -0.3 is 20.6 Å². The molecule has 1 aromatic carbocycles. The minimum Gasteiger partial charge on any atom is -0.445 e. The van der Waals surface area contributed by atoms with Crippen molar-refractivity contribution in [2.24, 2.45) is 5.73 Å². The van der Waals surface area contributed by atoms with E-state index in [1.54, 1.807) is 0 Å². The van der Waals surface area contributed by atoms with Crippen molar-refractivity contribution in [3.63, 3.8) is 0 Å². The van der Waals surface area contributed by atoms with Gasteiger partial charge in [-0.2, -0.15) is 0 Å². The van der Waals surface area contributed by atoms with E-state index >= 15 is 0 Å². The monoisotopic (exact) mass is 264 g/mol. The van der Waals surface area contributed by atoms with Gasteiger partial charge >= 0.3 is 6.09 Å². The molecule has 1 amide bonds. The first-order valence-electron chi connectivity index (χ1n) is 6.39. The maximum Gasteiger partial charge on any atom is 0.408 e. The Hall–Kier alpha value is -1.88. The molecule has 3 N–H and O–H groups in total. The van der Waals surface area contributed by atoms with Gasteiger partial charge in [-0.15, -0.1) is 0 Å². The van der Waals surface area contributed by atoms with E-state index < -0.39 is 12.1 Å². The average molecular weight is 264 g/mol. The van der Waals surface area contributed by atoms with Crippen molar-refractivity contribution in [3.05, 3.63) is 35.9 Å². The molecule has 0 bridgehead atoms. The van der Waals surface area contributed by atoms with E-state index in [0.29, 0.717) is 13.0 Å². The predicted octanol–water partition coefficient (Wildman–Crippen LogP) is 1.61. The van der Waals surface area contributed by atoms with Crippen LogP contribution in [0.5, 0.6) is 0 Å². The summed E-state index contributed by atoms with van der Waals surface area (Å²) in [6, 6.07) is 8.87. The molecule has 0 saturated carbocycles. The molecular weight excluding hydrogens is 244 g/mol. The first-order valence-corrected chi connectivity index (χ1v) is 6.39. The highest BCUT2D eigenvalue weighted by Gasteiger charge is 2.11. The molecule has 1 rings (SSSR count). The van der Waals surface area contributed by atoms with Crippen LogP contribution in [-0.2, 0) is 16.1 Å². The fourth-order valence-corrected chi connectivity index (χ4v) is 1.60. The van der Waals surface area contributed by atoms with Crippen LogP contribution in [0.15, 0.2) is 30.3 Å². The van der Waals surface area contributed by atoms with Gasteiger partial charge in [-0.25, -0.2) is 4.79 Å². The van der Waals surface area contributed by atoms with E-state index in [-0.39, 0.29) is 6.61 Å². The van der Waals surface area contributed by atoms with Gasteiger partial charge in [-0.3, -0.25) is 0 Å². The molecule has 5 nitrogen and oxygen atoms in total. The van der Waals surface area contributed by atoms with E-state index in [4.69, 9.17) is 10.5 Å². The minimum atomic E-state index is -0.575. The van der Waals surface area contributed by atoms with Gasteiger partial charge in [0.2, 0.25) is 0 Å². The number of ether oxygens (including phenoxy) is 1. The number of benzene rings is 1. The van der Waals surface area contributed by atoms with Gasteiger partial charge in [0, 0.05) is 0 Å². The first kappa shape index (κ1) is 15.2. The van der Waals surface area contributed by atoms with E-state index in [2.05, 4.69) is 5.32 Å². The fourth-order valence-electron chi connectivity index (χ4n) is 1.60. The summed E-state index contributed by atoms with van der Waals surface area (Å²) in [7, 11) is 0. The summed E-state index contributed by atoms with van der Waals surface area (Å²) in [5.74, 6) is 0. The highest BCUT2D eigenvalue weighted by Crippen LogP contribution is 2.02. The summed E-state index contributed by atoms with van der Waals surface area (Å²) >= 11 is 0. The second-order valence-corrected chi connectivity index (χ2v) is 4.23. The Morgan fingerprint density at radius 3 is 2.68 bits per heavy atom. The van der Waals surface area contributed by atoms with Crippen molar-refractivity contribution in [2.75, 3.05) is 6.54 Å². The van der Waals surface area contributed by atoms with Crippen LogP contribution in [0.2, 0.25) is 0 Å². The lowest BCUT2D eigenvalue weighted by atomic mass is 10.1. The molecule has 1 unspecified atom stereocenters. The van der Waals surface area contributed by atoms with Crippen LogP contribution in [0.4, 0.5) is 4.79 Å². The molecule has 0 radical (unpaired) electrons. The highest BCUT2D eigenvalue weighted by atomic mass is 16.5. The standard InChI is InChI=1S/C14H20N2O3/c15-9-5-4-8-13(10-17)16-14(18)19-11-12-6-2-1-3-7-12/h1-3,6-7,10,13H,4-5,8-9,11,15H2,(H,16,18). The maximum atomic E-state index is 11.5. The zero-order valence-corrected chi connectivity index (χ0v) is 10.9. The number of carbonyl (C=O) groups is 2. The fraction of sp³-hybridized carbons (Fsp3) is 0.429. The summed E-state index contributed by atoms with van der Waals surface area (Å²) < 4.78 is 5.03.